The summed E-state index contributed by atoms with van der Waals surface area (Å²) in [6.07, 6.45) is 0. The van der Waals surface area contributed by atoms with E-state index in [-0.39, 0.29) is 49.9 Å². The second-order valence-corrected chi connectivity index (χ2v) is 8.58. The van der Waals surface area contributed by atoms with Gasteiger partial charge >= 0.3 is 0 Å². The van der Waals surface area contributed by atoms with Crippen LogP contribution in [0.25, 0.3) is 10.9 Å². The van der Waals surface area contributed by atoms with Gasteiger partial charge in [-0.05, 0) is 42.5 Å². The normalized spacial score (nSPS) is 10.8. The van der Waals surface area contributed by atoms with Crippen molar-refractivity contribution in [1.82, 2.24) is 10.3 Å². The summed E-state index contributed by atoms with van der Waals surface area (Å²) in [5.74, 6) is -1.41. The van der Waals surface area contributed by atoms with Gasteiger partial charge < -0.3 is 15.0 Å². The molecule has 166 valence electrons. The maximum atomic E-state index is 15.1. The number of aromatic nitrogens is 1. The number of nitrogens with one attached hydrogen (secondary N) is 2. The van der Waals surface area contributed by atoms with E-state index in [0.717, 1.165) is 0 Å². The van der Waals surface area contributed by atoms with Gasteiger partial charge in [0.1, 0.15) is 11.4 Å². The number of halogens is 5. The van der Waals surface area contributed by atoms with Gasteiger partial charge in [0.05, 0.1) is 21.7 Å². The SMILES string of the molecule is N#Cc1cc(Cl)cc(Oc2c(Cl)ccc(CNC(=O)c3[nH]c4cc(Cl)ccc4c3Cl)c2F)c1. The number of carbonyl (C=O) groups is 1. The molecule has 0 unspecified atom stereocenters. The summed E-state index contributed by atoms with van der Waals surface area (Å²) in [5.41, 5.74) is 1.10. The second-order valence-electron chi connectivity index (χ2n) is 6.93. The Labute approximate surface area is 207 Å². The van der Waals surface area contributed by atoms with E-state index >= 15 is 4.39 Å². The van der Waals surface area contributed by atoms with Crippen molar-refractivity contribution >= 4 is 63.2 Å². The van der Waals surface area contributed by atoms with Crippen LogP contribution < -0.4 is 10.1 Å². The highest BCUT2D eigenvalue weighted by Crippen LogP contribution is 2.35. The predicted octanol–water partition coefficient (Wildman–Crippen LogP) is 7.51. The van der Waals surface area contributed by atoms with Gasteiger partial charge in [0.25, 0.3) is 5.91 Å². The average molecular weight is 523 g/mol. The monoisotopic (exact) mass is 521 g/mol. The fraction of sp³-hybridized carbons (Fsp3) is 0.0435. The molecule has 0 fully saturated rings. The van der Waals surface area contributed by atoms with Gasteiger partial charge in [0.2, 0.25) is 0 Å². The number of H-pyrrole nitrogens is 1. The fourth-order valence-electron chi connectivity index (χ4n) is 3.16. The predicted molar refractivity (Wildman–Crippen MR) is 127 cm³/mol. The lowest BCUT2D eigenvalue weighted by Gasteiger charge is -2.13. The summed E-state index contributed by atoms with van der Waals surface area (Å²) in [5, 5.41) is 13.3. The Hall–Kier alpha value is -2.95. The smallest absolute Gasteiger partial charge is 0.269 e. The molecule has 1 amide bonds. The lowest BCUT2D eigenvalue weighted by Crippen LogP contribution is -2.24. The van der Waals surface area contributed by atoms with Crippen LogP contribution in [0.5, 0.6) is 11.5 Å². The number of hydrogen-bond donors (Lipinski definition) is 2. The molecular formula is C23H12Cl4FN3O2. The summed E-state index contributed by atoms with van der Waals surface area (Å²) in [7, 11) is 0. The van der Waals surface area contributed by atoms with Crippen molar-refractivity contribution in [2.75, 3.05) is 0 Å². The first-order valence-electron chi connectivity index (χ1n) is 9.37. The molecule has 4 rings (SSSR count). The van der Waals surface area contributed by atoms with Crippen molar-refractivity contribution in [3.63, 3.8) is 0 Å². The molecule has 33 heavy (non-hydrogen) atoms. The van der Waals surface area contributed by atoms with Crippen LogP contribution >= 0.6 is 46.4 Å². The minimum atomic E-state index is -0.768. The first-order chi connectivity index (χ1) is 15.8. The van der Waals surface area contributed by atoms with Crippen LogP contribution in [0.15, 0.2) is 48.5 Å². The Morgan fingerprint density at radius 2 is 1.85 bits per heavy atom. The molecule has 0 aliphatic rings. The standard InChI is InChI=1S/C23H12Cl4FN3O2/c24-13-2-3-16-18(8-13)31-21(19(16)27)23(32)30-10-12-1-4-17(26)22(20(12)28)33-15-6-11(9-29)5-14(25)7-15/h1-8,31H,10H2,(H,30,32). The van der Waals surface area contributed by atoms with E-state index < -0.39 is 11.7 Å². The van der Waals surface area contributed by atoms with Crippen molar-refractivity contribution in [2.45, 2.75) is 6.54 Å². The first-order valence-corrected chi connectivity index (χ1v) is 10.9. The van der Waals surface area contributed by atoms with Crippen molar-refractivity contribution in [2.24, 2.45) is 0 Å². The van der Waals surface area contributed by atoms with Crippen molar-refractivity contribution < 1.29 is 13.9 Å². The topological polar surface area (TPSA) is 77.9 Å². The third-order valence-electron chi connectivity index (χ3n) is 4.71. The number of fused-ring (bicyclic) bond motifs is 1. The van der Waals surface area contributed by atoms with Gasteiger partial charge in [-0.25, -0.2) is 4.39 Å². The van der Waals surface area contributed by atoms with E-state index in [4.69, 9.17) is 56.4 Å². The molecule has 3 aromatic carbocycles. The minimum absolute atomic E-state index is 0.0107. The zero-order valence-corrected chi connectivity index (χ0v) is 19.5. The summed E-state index contributed by atoms with van der Waals surface area (Å²) in [6, 6.07) is 14.1. The molecular weight excluding hydrogens is 511 g/mol. The van der Waals surface area contributed by atoms with Gasteiger partial charge in [0, 0.05) is 33.1 Å². The van der Waals surface area contributed by atoms with E-state index in [0.29, 0.717) is 15.9 Å². The van der Waals surface area contributed by atoms with Gasteiger partial charge in [0.15, 0.2) is 11.6 Å². The Bertz CT molecular complexity index is 1450. The van der Waals surface area contributed by atoms with Crippen LogP contribution in [0.4, 0.5) is 4.39 Å². The van der Waals surface area contributed by atoms with Crippen molar-refractivity contribution in [3.05, 3.63) is 91.3 Å². The molecule has 0 radical (unpaired) electrons. The zero-order valence-electron chi connectivity index (χ0n) is 16.5. The van der Waals surface area contributed by atoms with Crippen molar-refractivity contribution in [3.8, 4) is 17.6 Å². The Kier molecular flexibility index (Phi) is 6.68. The van der Waals surface area contributed by atoms with Gasteiger partial charge in [-0.1, -0.05) is 52.5 Å². The summed E-state index contributed by atoms with van der Waals surface area (Å²) in [6.45, 7) is -0.163. The van der Waals surface area contributed by atoms with E-state index in [1.807, 2.05) is 6.07 Å². The Morgan fingerprint density at radius 1 is 1.06 bits per heavy atom. The lowest BCUT2D eigenvalue weighted by molar-refractivity contribution is 0.0946. The van der Waals surface area contributed by atoms with Crippen molar-refractivity contribution in [1.29, 1.82) is 5.26 Å². The highest BCUT2D eigenvalue weighted by atomic mass is 35.5. The lowest BCUT2D eigenvalue weighted by atomic mass is 10.2. The van der Waals surface area contributed by atoms with Crippen LogP contribution in [0.1, 0.15) is 21.6 Å². The van der Waals surface area contributed by atoms with E-state index in [1.54, 1.807) is 18.2 Å². The molecule has 0 saturated heterocycles. The number of rotatable bonds is 5. The summed E-state index contributed by atoms with van der Waals surface area (Å²) >= 11 is 24.4. The molecule has 1 aromatic heterocycles. The average Bonchev–Trinajstić information content (AvgIpc) is 3.11. The summed E-state index contributed by atoms with van der Waals surface area (Å²) < 4.78 is 20.7. The molecule has 0 spiro atoms. The molecule has 0 aliphatic carbocycles. The fourth-order valence-corrected chi connectivity index (χ4v) is 4.04. The van der Waals surface area contributed by atoms with E-state index in [1.165, 1.54) is 30.3 Å². The highest BCUT2D eigenvalue weighted by Gasteiger charge is 2.19. The maximum absolute atomic E-state index is 15.1. The quantitative estimate of drug-likeness (QED) is 0.284. The maximum Gasteiger partial charge on any atom is 0.269 e. The molecule has 0 bridgehead atoms. The zero-order chi connectivity index (χ0) is 23.7. The van der Waals surface area contributed by atoms with Crippen LogP contribution in [0.3, 0.4) is 0 Å². The van der Waals surface area contributed by atoms with Crippen LogP contribution in [-0.2, 0) is 6.54 Å². The van der Waals surface area contributed by atoms with Crippen LogP contribution in [-0.4, -0.2) is 10.9 Å². The Balaban J connectivity index is 1.56. The number of hydrogen-bond acceptors (Lipinski definition) is 3. The number of nitrogens with zero attached hydrogens (tertiary/aromatic N) is 1. The molecule has 1 heterocycles. The first kappa shape index (κ1) is 23.2. The largest absolute Gasteiger partial charge is 0.453 e. The molecule has 0 aliphatic heterocycles. The molecule has 0 atom stereocenters. The number of amides is 1. The van der Waals surface area contributed by atoms with Gasteiger partial charge in [-0.3, -0.25) is 4.79 Å². The van der Waals surface area contributed by atoms with E-state index in [2.05, 4.69) is 10.3 Å². The molecule has 4 aromatic rings. The summed E-state index contributed by atoms with van der Waals surface area (Å²) in [4.78, 5) is 15.6. The van der Waals surface area contributed by atoms with E-state index in [9.17, 15) is 4.79 Å². The van der Waals surface area contributed by atoms with Crippen LogP contribution in [0, 0.1) is 17.1 Å². The van der Waals surface area contributed by atoms with Gasteiger partial charge in [-0.2, -0.15) is 5.26 Å². The molecule has 5 nitrogen and oxygen atoms in total. The molecule has 0 saturated carbocycles. The Morgan fingerprint density at radius 3 is 2.61 bits per heavy atom. The van der Waals surface area contributed by atoms with Crippen LogP contribution in [0.2, 0.25) is 20.1 Å². The number of ether oxygens (including phenoxy) is 1. The second kappa shape index (κ2) is 9.50. The third-order valence-corrected chi connectivity index (χ3v) is 5.86. The minimum Gasteiger partial charge on any atom is -0.453 e. The molecule has 2 N–H and O–H groups in total. The third kappa shape index (κ3) is 4.87. The number of nitriles is 1. The highest BCUT2D eigenvalue weighted by molar-refractivity contribution is 6.39. The number of aromatic amines is 1. The number of benzene rings is 3. The number of carbonyl (C=O) groups excluding carboxylic acids is 1. The van der Waals surface area contributed by atoms with Gasteiger partial charge in [-0.15, -0.1) is 0 Å². The molecule has 10 heteroatoms.